The molecule has 18 heavy (non-hydrogen) atoms. The molecule has 0 aromatic heterocycles. The van der Waals surface area contributed by atoms with E-state index < -0.39 is 0 Å². The number of piperidine rings is 1. The highest BCUT2D eigenvalue weighted by molar-refractivity contribution is 6.17. The molecule has 1 aromatic rings. The topological polar surface area (TPSA) is 3.24 Å². The number of halogens is 1. The summed E-state index contributed by atoms with van der Waals surface area (Å²) < 4.78 is 0. The minimum absolute atomic E-state index is 0.617. The van der Waals surface area contributed by atoms with E-state index in [1.165, 1.54) is 55.5 Å². The number of benzene rings is 1. The third-order valence-electron chi connectivity index (χ3n) is 3.94. The van der Waals surface area contributed by atoms with Crippen molar-refractivity contribution < 1.29 is 0 Å². The van der Waals surface area contributed by atoms with E-state index in [-0.39, 0.29) is 0 Å². The Morgan fingerprint density at radius 1 is 1.33 bits per heavy atom. The maximum absolute atomic E-state index is 6.12. The van der Waals surface area contributed by atoms with Gasteiger partial charge >= 0.3 is 0 Å². The Morgan fingerprint density at radius 3 is 2.89 bits per heavy atom. The van der Waals surface area contributed by atoms with Crippen molar-refractivity contribution in [2.24, 2.45) is 0 Å². The van der Waals surface area contributed by atoms with E-state index in [0.717, 1.165) is 0 Å². The zero-order valence-electron chi connectivity index (χ0n) is 11.6. The standard InChI is InChI=1S/C16H24ClN/c1-3-6-15-7-4-5-10-18(15)16-9-8-13(2)11-14(16)12-17/h8-9,11,15H,3-7,10,12H2,1-2H3. The lowest BCUT2D eigenvalue weighted by Gasteiger charge is -2.38. The SMILES string of the molecule is CCCC1CCCCN1c1ccc(C)cc1CCl. The molecule has 0 bridgehead atoms. The van der Waals surface area contributed by atoms with Crippen molar-refractivity contribution in [3.8, 4) is 0 Å². The average molecular weight is 266 g/mol. The molecule has 1 heterocycles. The predicted molar refractivity (Wildman–Crippen MR) is 80.6 cm³/mol. The summed E-state index contributed by atoms with van der Waals surface area (Å²) >= 11 is 6.12. The lowest BCUT2D eigenvalue weighted by molar-refractivity contribution is 0.434. The van der Waals surface area contributed by atoms with Gasteiger partial charge in [0, 0.05) is 24.2 Å². The third kappa shape index (κ3) is 3.00. The summed E-state index contributed by atoms with van der Waals surface area (Å²) in [6.45, 7) is 5.61. The molecule has 0 amide bonds. The molecular formula is C16H24ClN. The minimum atomic E-state index is 0.617. The molecule has 1 saturated heterocycles. The summed E-state index contributed by atoms with van der Waals surface area (Å²) in [5.74, 6) is 0.617. The number of alkyl halides is 1. The molecule has 1 aliphatic heterocycles. The van der Waals surface area contributed by atoms with Gasteiger partial charge in [0.15, 0.2) is 0 Å². The molecule has 2 heteroatoms. The first-order valence-corrected chi connectivity index (χ1v) is 7.72. The largest absolute Gasteiger partial charge is 0.368 e. The summed E-state index contributed by atoms with van der Waals surface area (Å²) in [4.78, 5) is 2.60. The Balaban J connectivity index is 2.27. The van der Waals surface area contributed by atoms with Gasteiger partial charge < -0.3 is 4.90 Å². The predicted octanol–water partition coefficient (Wildman–Crippen LogP) is 4.89. The zero-order valence-corrected chi connectivity index (χ0v) is 12.3. The lowest BCUT2D eigenvalue weighted by Crippen LogP contribution is -2.40. The van der Waals surface area contributed by atoms with Crippen LogP contribution in [-0.4, -0.2) is 12.6 Å². The van der Waals surface area contributed by atoms with Crippen LogP contribution in [0.1, 0.15) is 50.2 Å². The number of aryl methyl sites for hydroxylation is 1. The average Bonchev–Trinajstić information content (AvgIpc) is 2.40. The summed E-state index contributed by atoms with van der Waals surface area (Å²) in [5.41, 5.74) is 3.96. The van der Waals surface area contributed by atoms with Crippen molar-refractivity contribution in [1.29, 1.82) is 0 Å². The highest BCUT2D eigenvalue weighted by atomic mass is 35.5. The van der Waals surface area contributed by atoms with E-state index in [2.05, 4.69) is 36.9 Å². The van der Waals surface area contributed by atoms with Crippen LogP contribution in [-0.2, 0) is 5.88 Å². The molecule has 2 rings (SSSR count). The molecule has 1 nitrogen and oxygen atoms in total. The maximum Gasteiger partial charge on any atom is 0.0494 e. The second-order valence-electron chi connectivity index (χ2n) is 5.40. The van der Waals surface area contributed by atoms with Crippen LogP contribution in [0.3, 0.4) is 0 Å². The van der Waals surface area contributed by atoms with Crippen LogP contribution in [0.5, 0.6) is 0 Å². The quantitative estimate of drug-likeness (QED) is 0.701. The molecule has 0 radical (unpaired) electrons. The highest BCUT2D eigenvalue weighted by Crippen LogP contribution is 2.31. The summed E-state index contributed by atoms with van der Waals surface area (Å²) in [7, 11) is 0. The molecule has 1 fully saturated rings. The van der Waals surface area contributed by atoms with Crippen molar-refractivity contribution in [2.45, 2.75) is 57.9 Å². The van der Waals surface area contributed by atoms with Gasteiger partial charge in [-0.3, -0.25) is 0 Å². The number of hydrogen-bond acceptors (Lipinski definition) is 1. The van der Waals surface area contributed by atoms with Gasteiger partial charge in [0.2, 0.25) is 0 Å². The van der Waals surface area contributed by atoms with Gasteiger partial charge in [-0.1, -0.05) is 31.0 Å². The van der Waals surface area contributed by atoms with Gasteiger partial charge in [-0.25, -0.2) is 0 Å². The molecule has 1 aliphatic rings. The maximum atomic E-state index is 6.12. The minimum Gasteiger partial charge on any atom is -0.368 e. The van der Waals surface area contributed by atoms with Crippen LogP contribution in [0.4, 0.5) is 5.69 Å². The first-order valence-electron chi connectivity index (χ1n) is 7.18. The van der Waals surface area contributed by atoms with Crippen LogP contribution in [0.2, 0.25) is 0 Å². The molecular weight excluding hydrogens is 242 g/mol. The highest BCUT2D eigenvalue weighted by Gasteiger charge is 2.23. The van der Waals surface area contributed by atoms with E-state index in [0.29, 0.717) is 11.9 Å². The molecule has 1 unspecified atom stereocenters. The Kier molecular flexibility index (Phi) is 4.94. The summed E-state index contributed by atoms with van der Waals surface area (Å²) in [6.07, 6.45) is 6.60. The Hall–Kier alpha value is -0.690. The molecule has 0 saturated carbocycles. The van der Waals surface area contributed by atoms with Crippen molar-refractivity contribution >= 4 is 17.3 Å². The van der Waals surface area contributed by atoms with Crippen LogP contribution in [0, 0.1) is 6.92 Å². The molecule has 0 N–H and O–H groups in total. The monoisotopic (exact) mass is 265 g/mol. The first-order chi connectivity index (χ1) is 8.76. The Morgan fingerprint density at radius 2 is 2.17 bits per heavy atom. The van der Waals surface area contributed by atoms with Gasteiger partial charge in [0.1, 0.15) is 0 Å². The van der Waals surface area contributed by atoms with Crippen LogP contribution in [0.15, 0.2) is 18.2 Å². The van der Waals surface area contributed by atoms with E-state index in [1.807, 2.05) is 0 Å². The summed E-state index contributed by atoms with van der Waals surface area (Å²) in [5, 5.41) is 0. The second kappa shape index (κ2) is 6.47. The van der Waals surface area contributed by atoms with E-state index >= 15 is 0 Å². The smallest absolute Gasteiger partial charge is 0.0494 e. The number of hydrogen-bond donors (Lipinski definition) is 0. The van der Waals surface area contributed by atoms with Crippen LogP contribution in [0.25, 0.3) is 0 Å². The van der Waals surface area contributed by atoms with Crippen molar-refractivity contribution in [3.05, 3.63) is 29.3 Å². The van der Waals surface area contributed by atoms with E-state index in [4.69, 9.17) is 11.6 Å². The first kappa shape index (κ1) is 13.7. The van der Waals surface area contributed by atoms with E-state index in [9.17, 15) is 0 Å². The fourth-order valence-electron chi connectivity index (χ4n) is 3.05. The lowest BCUT2D eigenvalue weighted by atomic mass is 9.96. The fourth-order valence-corrected chi connectivity index (χ4v) is 3.27. The van der Waals surface area contributed by atoms with Gasteiger partial charge in [-0.2, -0.15) is 0 Å². The second-order valence-corrected chi connectivity index (χ2v) is 5.66. The van der Waals surface area contributed by atoms with E-state index in [1.54, 1.807) is 0 Å². The van der Waals surface area contributed by atoms with Gasteiger partial charge in [0.25, 0.3) is 0 Å². The molecule has 0 spiro atoms. The molecule has 100 valence electrons. The zero-order chi connectivity index (χ0) is 13.0. The Bertz CT molecular complexity index is 387. The normalized spacial score (nSPS) is 20.2. The molecule has 1 aromatic carbocycles. The molecule has 0 aliphatic carbocycles. The van der Waals surface area contributed by atoms with Crippen molar-refractivity contribution in [3.63, 3.8) is 0 Å². The summed E-state index contributed by atoms with van der Waals surface area (Å²) in [6, 6.07) is 7.43. The van der Waals surface area contributed by atoms with Crippen LogP contribution >= 0.6 is 11.6 Å². The number of anilines is 1. The van der Waals surface area contributed by atoms with Crippen LogP contribution < -0.4 is 4.90 Å². The fraction of sp³-hybridized carbons (Fsp3) is 0.625. The van der Waals surface area contributed by atoms with Gasteiger partial charge in [0.05, 0.1) is 0 Å². The number of nitrogens with zero attached hydrogens (tertiary/aromatic N) is 1. The van der Waals surface area contributed by atoms with Crippen molar-refractivity contribution in [1.82, 2.24) is 0 Å². The number of rotatable bonds is 4. The van der Waals surface area contributed by atoms with Gasteiger partial charge in [-0.05, 0) is 44.2 Å². The third-order valence-corrected chi connectivity index (χ3v) is 4.23. The van der Waals surface area contributed by atoms with Gasteiger partial charge in [-0.15, -0.1) is 11.6 Å². The Labute approximate surface area is 116 Å². The molecule has 1 atom stereocenters. The van der Waals surface area contributed by atoms with Crippen molar-refractivity contribution in [2.75, 3.05) is 11.4 Å².